The van der Waals surface area contributed by atoms with E-state index >= 15 is 0 Å². The molecule has 3 rings (SSSR count). The third-order valence-electron chi connectivity index (χ3n) is 3.45. The van der Waals surface area contributed by atoms with Crippen molar-refractivity contribution in [2.24, 2.45) is 14.1 Å². The summed E-state index contributed by atoms with van der Waals surface area (Å²) in [4.78, 5) is 0. The highest BCUT2D eigenvalue weighted by molar-refractivity contribution is 6.30. The molecule has 0 aliphatic carbocycles. The maximum absolute atomic E-state index is 12.8. The lowest BCUT2D eigenvalue weighted by molar-refractivity contribution is -0.730. The highest BCUT2D eigenvalue weighted by atomic mass is 35.5. The first-order valence-corrected chi connectivity index (χ1v) is 7.83. The summed E-state index contributed by atoms with van der Waals surface area (Å²) in [7, 11) is 2.97. The molecule has 0 spiro atoms. The van der Waals surface area contributed by atoms with E-state index in [0.717, 1.165) is 11.8 Å². The van der Waals surface area contributed by atoms with Crippen molar-refractivity contribution in [3.8, 4) is 23.3 Å². The van der Waals surface area contributed by atoms with Gasteiger partial charge in [0, 0.05) is 24.2 Å². The van der Waals surface area contributed by atoms with E-state index in [1.807, 2.05) is 6.92 Å². The number of hydrogen-bond acceptors (Lipinski definition) is 3. The van der Waals surface area contributed by atoms with Gasteiger partial charge in [-0.15, -0.1) is 5.10 Å². The van der Waals surface area contributed by atoms with E-state index in [0.29, 0.717) is 21.3 Å². The molecule has 138 valence electrons. The Morgan fingerprint density at radius 3 is 2.31 bits per heavy atom. The lowest BCUT2D eigenvalue weighted by Crippen LogP contribution is -2.31. The zero-order valence-electron chi connectivity index (χ0n) is 14.1. The molecule has 6 nitrogen and oxygen atoms in total. The molecule has 3 aromatic rings. The number of aromatic amines is 1. The van der Waals surface area contributed by atoms with Crippen molar-refractivity contribution in [2.75, 3.05) is 0 Å². The molecule has 0 atom stereocenters. The van der Waals surface area contributed by atoms with Crippen molar-refractivity contribution in [3.63, 3.8) is 0 Å². The van der Waals surface area contributed by atoms with Crippen LogP contribution in [0.15, 0.2) is 30.3 Å². The van der Waals surface area contributed by atoms with Crippen LogP contribution in [-0.4, -0.2) is 14.9 Å². The van der Waals surface area contributed by atoms with E-state index in [-0.39, 0.29) is 11.6 Å². The second-order valence-electron chi connectivity index (χ2n) is 5.65. The maximum atomic E-state index is 12.8. The number of aryl methyl sites for hydroxylation is 3. The molecule has 0 fully saturated rings. The lowest BCUT2D eigenvalue weighted by atomic mass is 10.3. The van der Waals surface area contributed by atoms with Gasteiger partial charge in [0.05, 0.1) is 11.8 Å². The first-order chi connectivity index (χ1) is 12.1. The monoisotopic (exact) mass is 387 g/mol. The average molecular weight is 388 g/mol. The number of aromatic nitrogens is 4. The van der Waals surface area contributed by atoms with Crippen molar-refractivity contribution in [1.29, 1.82) is 0 Å². The standard InChI is InChI=1S/C16H14ClF3N4O2/c1-9-4-15(24(3)21-9)26-12-6-10(17)5-11(7-12)25-14-8-13(16(18,19)20)23(2)22-14/h4-8H,1-3H3/p+1. The van der Waals surface area contributed by atoms with E-state index in [4.69, 9.17) is 21.1 Å². The zero-order valence-corrected chi connectivity index (χ0v) is 14.8. The molecule has 10 heteroatoms. The molecule has 0 amide bonds. The molecule has 26 heavy (non-hydrogen) atoms. The van der Waals surface area contributed by atoms with Gasteiger partial charge in [0.2, 0.25) is 5.88 Å². The molecule has 0 aliphatic heterocycles. The predicted octanol–water partition coefficient (Wildman–Crippen LogP) is 4.14. The van der Waals surface area contributed by atoms with Crippen molar-refractivity contribution in [2.45, 2.75) is 13.1 Å². The summed E-state index contributed by atoms with van der Waals surface area (Å²) >= 11 is 6.06. The van der Waals surface area contributed by atoms with Gasteiger partial charge in [0.15, 0.2) is 7.05 Å². The first kappa shape index (κ1) is 18.1. The third-order valence-corrected chi connectivity index (χ3v) is 3.67. The lowest BCUT2D eigenvalue weighted by Gasteiger charge is -2.06. The molecule has 0 radical (unpaired) electrons. The van der Waals surface area contributed by atoms with Crippen LogP contribution in [0.5, 0.6) is 23.3 Å². The molecule has 0 unspecified atom stereocenters. The molecule has 0 bridgehead atoms. The molecule has 2 aromatic heterocycles. The zero-order chi connectivity index (χ0) is 19.1. The number of nitrogens with zero attached hydrogens (tertiary/aromatic N) is 3. The van der Waals surface area contributed by atoms with Gasteiger partial charge in [-0.25, -0.2) is 0 Å². The van der Waals surface area contributed by atoms with Crippen molar-refractivity contribution >= 4 is 11.6 Å². The molecular weight excluding hydrogens is 373 g/mol. The van der Waals surface area contributed by atoms with Crippen LogP contribution in [0, 0.1) is 6.92 Å². The number of alkyl halides is 3. The van der Waals surface area contributed by atoms with E-state index in [2.05, 4.69) is 10.2 Å². The van der Waals surface area contributed by atoms with Crippen LogP contribution in [0.25, 0.3) is 0 Å². The number of ether oxygens (including phenoxy) is 2. The summed E-state index contributed by atoms with van der Waals surface area (Å²) < 4.78 is 52.1. The summed E-state index contributed by atoms with van der Waals surface area (Å²) in [6, 6.07) is 7.14. The largest absolute Gasteiger partial charge is 0.437 e. The highest BCUT2D eigenvalue weighted by Crippen LogP contribution is 2.34. The number of nitrogens with one attached hydrogen (secondary N) is 1. The Kier molecular flexibility index (Phi) is 4.57. The summed E-state index contributed by atoms with van der Waals surface area (Å²) in [5.41, 5.74) is -0.0185. The molecular formula is C16H15ClF3N4O2+. The Bertz CT molecular complexity index is 950. The maximum Gasteiger partial charge on any atom is 0.433 e. The van der Waals surface area contributed by atoms with Gasteiger partial charge in [-0.2, -0.15) is 18.3 Å². The Hall–Kier alpha value is -2.68. The van der Waals surface area contributed by atoms with Gasteiger partial charge in [-0.05, 0) is 19.1 Å². The van der Waals surface area contributed by atoms with Crippen LogP contribution in [-0.2, 0) is 20.3 Å². The van der Waals surface area contributed by atoms with Gasteiger partial charge >= 0.3 is 12.1 Å². The Balaban J connectivity index is 1.85. The van der Waals surface area contributed by atoms with Crippen LogP contribution < -0.4 is 14.2 Å². The minimum atomic E-state index is -4.52. The quantitative estimate of drug-likeness (QED) is 0.685. The van der Waals surface area contributed by atoms with E-state index in [9.17, 15) is 13.2 Å². The molecule has 0 saturated heterocycles. The molecule has 2 heterocycles. The Morgan fingerprint density at radius 1 is 1.12 bits per heavy atom. The summed E-state index contributed by atoms with van der Waals surface area (Å²) in [6.07, 6.45) is -4.52. The van der Waals surface area contributed by atoms with Crippen LogP contribution >= 0.6 is 11.6 Å². The van der Waals surface area contributed by atoms with Crippen molar-refractivity contribution in [1.82, 2.24) is 14.9 Å². The minimum Gasteiger partial charge on any atom is -0.437 e. The third kappa shape index (κ3) is 3.93. The van der Waals surface area contributed by atoms with Crippen molar-refractivity contribution < 1.29 is 27.3 Å². The highest BCUT2D eigenvalue weighted by Gasteiger charge is 2.35. The summed E-state index contributed by atoms with van der Waals surface area (Å²) in [6.45, 7) is 1.87. The van der Waals surface area contributed by atoms with E-state index < -0.39 is 11.9 Å². The molecule has 0 aliphatic rings. The molecule has 0 saturated carbocycles. The first-order valence-electron chi connectivity index (χ1n) is 7.45. The number of benzene rings is 1. The summed E-state index contributed by atoms with van der Waals surface area (Å²) in [5, 5.41) is 7.05. The fraction of sp³-hybridized carbons (Fsp3) is 0.250. The van der Waals surface area contributed by atoms with Crippen LogP contribution in [0.4, 0.5) is 13.2 Å². The number of hydrogen-bond donors (Lipinski definition) is 1. The van der Waals surface area contributed by atoms with Crippen LogP contribution in [0.1, 0.15) is 11.4 Å². The second-order valence-corrected chi connectivity index (χ2v) is 6.09. The number of halogens is 4. The van der Waals surface area contributed by atoms with E-state index in [1.165, 1.54) is 19.2 Å². The normalized spacial score (nSPS) is 11.7. The SMILES string of the molecule is Cc1cc(Oc2cc(Cl)cc(Oc3cc(C(F)(F)F)n(C)n3)c2)[n+](C)[nH]1. The van der Waals surface area contributed by atoms with Gasteiger partial charge < -0.3 is 9.47 Å². The molecule has 1 N–H and O–H groups in total. The van der Waals surface area contributed by atoms with Gasteiger partial charge in [-0.1, -0.05) is 16.3 Å². The molecule has 1 aromatic carbocycles. The fourth-order valence-electron chi connectivity index (χ4n) is 2.38. The second kappa shape index (κ2) is 6.56. The average Bonchev–Trinajstić information content (AvgIpc) is 3.00. The van der Waals surface area contributed by atoms with Crippen LogP contribution in [0.2, 0.25) is 5.02 Å². The van der Waals surface area contributed by atoms with Gasteiger partial charge in [0.1, 0.15) is 17.2 Å². The Morgan fingerprint density at radius 2 is 1.77 bits per heavy atom. The fourth-order valence-corrected chi connectivity index (χ4v) is 2.60. The van der Waals surface area contributed by atoms with Crippen molar-refractivity contribution in [3.05, 3.63) is 46.7 Å². The van der Waals surface area contributed by atoms with E-state index in [1.54, 1.807) is 23.9 Å². The summed E-state index contributed by atoms with van der Waals surface area (Å²) in [5.74, 6) is 0.910. The van der Waals surface area contributed by atoms with Gasteiger partial charge in [-0.3, -0.25) is 4.68 Å². The Labute approximate surface area is 151 Å². The number of H-pyrrole nitrogens is 1. The number of rotatable bonds is 4. The topological polar surface area (TPSA) is 56.0 Å². The van der Waals surface area contributed by atoms with Crippen LogP contribution in [0.3, 0.4) is 0 Å². The smallest absolute Gasteiger partial charge is 0.433 e. The minimum absolute atomic E-state index is 0.198. The predicted molar refractivity (Wildman–Crippen MR) is 86.5 cm³/mol. The van der Waals surface area contributed by atoms with Gasteiger partial charge in [0.25, 0.3) is 0 Å².